The first kappa shape index (κ1) is 10.4. The summed E-state index contributed by atoms with van der Waals surface area (Å²) in [6.45, 7) is 1.81. The highest BCUT2D eigenvalue weighted by atomic mass is 35.5. The Balaban J connectivity index is 2.54. The summed E-state index contributed by atoms with van der Waals surface area (Å²) in [6.07, 6.45) is -0.560. The first-order valence-electron chi connectivity index (χ1n) is 3.66. The lowest BCUT2D eigenvalue weighted by molar-refractivity contribution is 0.0928. The zero-order valence-electron chi connectivity index (χ0n) is 6.95. The van der Waals surface area contributed by atoms with E-state index in [2.05, 4.69) is 10.3 Å². The lowest BCUT2D eigenvalue weighted by Gasteiger charge is -2.04. The number of aliphatic hydroxyl groups is 1. The third-order valence-electron chi connectivity index (χ3n) is 1.29. The van der Waals surface area contributed by atoms with Gasteiger partial charge in [0, 0.05) is 6.54 Å². The lowest BCUT2D eigenvalue weighted by Crippen LogP contribution is -2.30. The normalized spacial score (nSPS) is 12.5. The van der Waals surface area contributed by atoms with Crippen molar-refractivity contribution in [3.05, 3.63) is 15.5 Å². The molecule has 0 aliphatic rings. The van der Waals surface area contributed by atoms with Crippen molar-refractivity contribution in [2.45, 2.75) is 13.0 Å². The monoisotopic (exact) mass is 220 g/mol. The van der Waals surface area contributed by atoms with Gasteiger partial charge in [-0.25, -0.2) is 4.98 Å². The molecule has 0 fully saturated rings. The number of thiazole rings is 1. The fraction of sp³-hybridized carbons (Fsp3) is 0.429. The second kappa shape index (κ2) is 4.55. The zero-order valence-corrected chi connectivity index (χ0v) is 8.52. The number of halogens is 1. The highest BCUT2D eigenvalue weighted by Crippen LogP contribution is 2.17. The van der Waals surface area contributed by atoms with Crippen LogP contribution in [0.1, 0.15) is 16.6 Å². The number of nitrogens with one attached hydrogen (secondary N) is 1. The minimum Gasteiger partial charge on any atom is -0.392 e. The van der Waals surface area contributed by atoms with Crippen LogP contribution in [0.15, 0.2) is 5.51 Å². The van der Waals surface area contributed by atoms with Crippen LogP contribution < -0.4 is 5.32 Å². The fourth-order valence-corrected chi connectivity index (χ4v) is 1.62. The number of hydrogen-bond acceptors (Lipinski definition) is 4. The number of nitrogens with zero attached hydrogens (tertiary/aromatic N) is 1. The van der Waals surface area contributed by atoms with Gasteiger partial charge in [0.05, 0.1) is 11.6 Å². The Morgan fingerprint density at radius 3 is 3.08 bits per heavy atom. The van der Waals surface area contributed by atoms with Crippen LogP contribution in [-0.4, -0.2) is 28.6 Å². The Bertz CT molecular complexity index is 300. The molecular formula is C7H9ClN2O2S. The van der Waals surface area contributed by atoms with Crippen molar-refractivity contribution in [3.8, 4) is 0 Å². The lowest BCUT2D eigenvalue weighted by atomic mass is 10.4. The van der Waals surface area contributed by atoms with Crippen LogP contribution in [0.3, 0.4) is 0 Å². The fourth-order valence-electron chi connectivity index (χ4n) is 0.700. The van der Waals surface area contributed by atoms with Gasteiger partial charge in [0.2, 0.25) is 0 Å². The quantitative estimate of drug-likeness (QED) is 0.796. The summed E-state index contributed by atoms with van der Waals surface area (Å²) in [5.41, 5.74) is 1.50. The first-order chi connectivity index (χ1) is 6.11. The Labute approximate surface area is 84.6 Å². The summed E-state index contributed by atoms with van der Waals surface area (Å²) >= 11 is 6.80. The molecule has 4 nitrogen and oxygen atoms in total. The predicted octanol–water partition coefficient (Wildman–Crippen LogP) is 0.907. The average Bonchev–Trinajstić information content (AvgIpc) is 2.47. The van der Waals surface area contributed by atoms with Gasteiger partial charge >= 0.3 is 0 Å². The van der Waals surface area contributed by atoms with Gasteiger partial charge in [-0.15, -0.1) is 11.3 Å². The van der Waals surface area contributed by atoms with Crippen LogP contribution >= 0.6 is 22.9 Å². The van der Waals surface area contributed by atoms with E-state index in [-0.39, 0.29) is 17.6 Å². The highest BCUT2D eigenvalue weighted by molar-refractivity contribution is 7.12. The van der Waals surface area contributed by atoms with E-state index in [1.165, 1.54) is 16.8 Å². The Hall–Kier alpha value is -0.650. The van der Waals surface area contributed by atoms with Crippen LogP contribution in [0.5, 0.6) is 0 Å². The smallest absolute Gasteiger partial charge is 0.264 e. The first-order valence-corrected chi connectivity index (χ1v) is 4.92. The molecule has 1 rings (SSSR count). The number of carbonyl (C=O) groups is 1. The molecule has 1 aromatic heterocycles. The summed E-state index contributed by atoms with van der Waals surface area (Å²) in [7, 11) is 0. The number of carbonyl (C=O) groups excluding carboxylic acids is 1. The van der Waals surface area contributed by atoms with Crippen molar-refractivity contribution >= 4 is 28.8 Å². The van der Waals surface area contributed by atoms with Gasteiger partial charge in [0.1, 0.15) is 4.88 Å². The minimum absolute atomic E-state index is 0.202. The van der Waals surface area contributed by atoms with E-state index in [9.17, 15) is 4.79 Å². The largest absolute Gasteiger partial charge is 0.392 e. The van der Waals surface area contributed by atoms with Crippen LogP contribution in [0, 0.1) is 0 Å². The van der Waals surface area contributed by atoms with Crippen molar-refractivity contribution in [2.75, 3.05) is 6.54 Å². The number of rotatable bonds is 3. The summed E-state index contributed by atoms with van der Waals surface area (Å²) in [4.78, 5) is 15.4. The molecule has 0 bridgehead atoms. The third kappa shape index (κ3) is 2.95. The summed E-state index contributed by atoms with van der Waals surface area (Å²) in [5.74, 6) is -0.298. The molecule has 0 aromatic carbocycles. The minimum atomic E-state index is -0.560. The van der Waals surface area contributed by atoms with Gasteiger partial charge < -0.3 is 10.4 Å². The Morgan fingerprint density at radius 1 is 1.92 bits per heavy atom. The molecular weight excluding hydrogens is 212 g/mol. The van der Waals surface area contributed by atoms with Crippen molar-refractivity contribution in [1.29, 1.82) is 0 Å². The van der Waals surface area contributed by atoms with E-state index < -0.39 is 6.10 Å². The molecule has 1 unspecified atom stereocenters. The number of aliphatic hydroxyl groups excluding tert-OH is 1. The van der Waals surface area contributed by atoms with E-state index >= 15 is 0 Å². The predicted molar refractivity (Wildman–Crippen MR) is 51.1 cm³/mol. The van der Waals surface area contributed by atoms with Crippen LogP contribution in [0.25, 0.3) is 0 Å². The molecule has 0 radical (unpaired) electrons. The van der Waals surface area contributed by atoms with Crippen molar-refractivity contribution in [3.63, 3.8) is 0 Å². The van der Waals surface area contributed by atoms with E-state index in [0.717, 1.165) is 0 Å². The molecule has 0 aliphatic carbocycles. The highest BCUT2D eigenvalue weighted by Gasteiger charge is 2.12. The Kier molecular flexibility index (Phi) is 3.65. The van der Waals surface area contributed by atoms with Crippen LogP contribution in [0.2, 0.25) is 5.15 Å². The standard InChI is InChI=1S/C7H9ClN2O2S/c1-4(11)2-9-7(12)5-6(8)10-3-13-5/h3-4,11H,2H2,1H3,(H,9,12). The van der Waals surface area contributed by atoms with Crippen LogP contribution in [0.4, 0.5) is 0 Å². The molecule has 1 heterocycles. The molecule has 6 heteroatoms. The van der Waals surface area contributed by atoms with Gasteiger partial charge in [0.25, 0.3) is 5.91 Å². The summed E-state index contributed by atoms with van der Waals surface area (Å²) < 4.78 is 0. The van der Waals surface area contributed by atoms with Crippen LogP contribution in [-0.2, 0) is 0 Å². The van der Waals surface area contributed by atoms with Gasteiger partial charge in [-0.3, -0.25) is 4.79 Å². The second-order valence-electron chi connectivity index (χ2n) is 2.53. The van der Waals surface area contributed by atoms with Gasteiger partial charge in [-0.05, 0) is 6.92 Å². The van der Waals surface area contributed by atoms with Gasteiger partial charge in [0.15, 0.2) is 5.15 Å². The zero-order chi connectivity index (χ0) is 9.84. The van der Waals surface area contributed by atoms with Gasteiger partial charge in [-0.1, -0.05) is 11.6 Å². The molecule has 0 spiro atoms. The summed E-state index contributed by atoms with van der Waals surface area (Å²) in [5, 5.41) is 11.6. The van der Waals surface area contributed by atoms with Crippen molar-refractivity contribution in [1.82, 2.24) is 10.3 Å². The molecule has 1 amide bonds. The number of aromatic nitrogens is 1. The molecule has 13 heavy (non-hydrogen) atoms. The van der Waals surface area contributed by atoms with E-state index in [1.54, 1.807) is 6.92 Å². The van der Waals surface area contributed by atoms with Crippen molar-refractivity contribution < 1.29 is 9.90 Å². The third-order valence-corrected chi connectivity index (χ3v) is 2.51. The molecule has 2 N–H and O–H groups in total. The molecule has 0 saturated carbocycles. The average molecular weight is 221 g/mol. The van der Waals surface area contributed by atoms with E-state index in [1.807, 2.05) is 0 Å². The summed E-state index contributed by atoms with van der Waals surface area (Å²) in [6, 6.07) is 0. The van der Waals surface area contributed by atoms with Gasteiger partial charge in [-0.2, -0.15) is 0 Å². The SMILES string of the molecule is CC(O)CNC(=O)c1scnc1Cl. The molecule has 0 saturated heterocycles. The topological polar surface area (TPSA) is 62.2 Å². The molecule has 1 aromatic rings. The number of amides is 1. The maximum absolute atomic E-state index is 11.3. The van der Waals surface area contributed by atoms with Crippen molar-refractivity contribution in [2.24, 2.45) is 0 Å². The van der Waals surface area contributed by atoms with E-state index in [0.29, 0.717) is 4.88 Å². The molecule has 0 aliphatic heterocycles. The maximum atomic E-state index is 11.3. The molecule has 1 atom stereocenters. The Morgan fingerprint density at radius 2 is 2.62 bits per heavy atom. The van der Waals surface area contributed by atoms with E-state index in [4.69, 9.17) is 16.7 Å². The second-order valence-corrected chi connectivity index (χ2v) is 3.74. The maximum Gasteiger partial charge on any atom is 0.264 e. The molecule has 72 valence electrons. The number of hydrogen-bond donors (Lipinski definition) is 2.